The Balaban J connectivity index is 1.77. The fourth-order valence-corrected chi connectivity index (χ4v) is 2.56. The van der Waals surface area contributed by atoms with Crippen molar-refractivity contribution < 1.29 is 18.7 Å². The topological polar surface area (TPSA) is 59.3 Å². The van der Waals surface area contributed by atoms with Crippen LogP contribution in [-0.4, -0.2) is 13.1 Å². The summed E-state index contributed by atoms with van der Waals surface area (Å²) in [6.45, 7) is 0. The molecular weight excluding hydrogens is 357 g/mol. The Labute approximate surface area is 162 Å². The third kappa shape index (κ3) is 4.43. The van der Waals surface area contributed by atoms with Crippen molar-refractivity contribution in [2.45, 2.75) is 0 Å². The second-order valence-electron chi connectivity index (χ2n) is 5.84. The lowest BCUT2D eigenvalue weighted by atomic mass is 10.0. The van der Waals surface area contributed by atoms with E-state index in [1.165, 1.54) is 13.2 Å². The van der Waals surface area contributed by atoms with Crippen LogP contribution >= 0.6 is 0 Å². The van der Waals surface area contributed by atoms with Crippen molar-refractivity contribution in [1.29, 1.82) is 5.26 Å². The summed E-state index contributed by atoms with van der Waals surface area (Å²) in [5, 5.41) is 9.34. The third-order valence-corrected chi connectivity index (χ3v) is 3.99. The van der Waals surface area contributed by atoms with Crippen LogP contribution in [0.1, 0.15) is 21.5 Å². The number of rotatable bonds is 5. The predicted molar refractivity (Wildman–Crippen MR) is 104 cm³/mol. The lowest BCUT2D eigenvalue weighted by Crippen LogP contribution is -2.08. The van der Waals surface area contributed by atoms with Crippen molar-refractivity contribution in [1.82, 2.24) is 0 Å². The van der Waals surface area contributed by atoms with Crippen LogP contribution in [0.3, 0.4) is 0 Å². The van der Waals surface area contributed by atoms with Crippen LogP contribution in [0.15, 0.2) is 72.8 Å². The van der Waals surface area contributed by atoms with Gasteiger partial charge in [0.05, 0.1) is 24.3 Å². The molecule has 138 valence electrons. The van der Waals surface area contributed by atoms with Crippen LogP contribution in [-0.2, 0) is 0 Å². The highest BCUT2D eigenvalue weighted by atomic mass is 19.1. The Kier molecular flexibility index (Phi) is 5.83. The number of hydrogen-bond acceptors (Lipinski definition) is 4. The molecule has 4 nitrogen and oxygen atoms in total. The standard InChI is InChI=1S/C23H16FNO3/c1-27-20-6-4-5-17(14-20)23(26)28-19-11-9-16(10-12-19)13-18(15-25)21-7-2-3-8-22(21)24/h2-14H,1H3/b18-13-. The number of methoxy groups -OCH3 is 1. The minimum atomic E-state index is -0.508. The Morgan fingerprint density at radius 2 is 1.75 bits per heavy atom. The van der Waals surface area contributed by atoms with E-state index in [4.69, 9.17) is 9.47 Å². The number of nitrogens with zero attached hydrogens (tertiary/aromatic N) is 1. The first-order valence-corrected chi connectivity index (χ1v) is 8.43. The lowest BCUT2D eigenvalue weighted by molar-refractivity contribution is 0.0734. The molecule has 5 heteroatoms. The highest BCUT2D eigenvalue weighted by Gasteiger charge is 2.10. The molecule has 0 N–H and O–H groups in total. The van der Waals surface area contributed by atoms with Gasteiger partial charge in [-0.05, 0) is 48.0 Å². The molecule has 0 bridgehead atoms. The zero-order chi connectivity index (χ0) is 19.9. The van der Waals surface area contributed by atoms with Crippen molar-refractivity contribution in [2.24, 2.45) is 0 Å². The number of carbonyl (C=O) groups is 1. The molecule has 0 amide bonds. The molecule has 0 unspecified atom stereocenters. The van der Waals surface area contributed by atoms with Gasteiger partial charge in [0.15, 0.2) is 0 Å². The average molecular weight is 373 g/mol. The quantitative estimate of drug-likeness (QED) is 0.270. The van der Waals surface area contributed by atoms with Gasteiger partial charge in [-0.25, -0.2) is 9.18 Å². The van der Waals surface area contributed by atoms with Crippen molar-refractivity contribution in [2.75, 3.05) is 7.11 Å². The van der Waals surface area contributed by atoms with Crippen molar-refractivity contribution >= 4 is 17.6 Å². The third-order valence-electron chi connectivity index (χ3n) is 3.99. The van der Waals surface area contributed by atoms with Gasteiger partial charge in [0.1, 0.15) is 17.3 Å². The minimum absolute atomic E-state index is 0.208. The van der Waals surface area contributed by atoms with E-state index < -0.39 is 11.8 Å². The number of carbonyl (C=O) groups excluding carboxylic acids is 1. The maximum Gasteiger partial charge on any atom is 0.343 e. The second-order valence-corrected chi connectivity index (χ2v) is 5.84. The molecule has 0 saturated heterocycles. The first kappa shape index (κ1) is 18.9. The molecule has 0 aliphatic heterocycles. The summed E-state index contributed by atoms with van der Waals surface area (Å²) >= 11 is 0. The van der Waals surface area contributed by atoms with E-state index in [0.717, 1.165) is 0 Å². The molecule has 0 aliphatic carbocycles. The van der Waals surface area contributed by atoms with E-state index in [-0.39, 0.29) is 11.1 Å². The number of esters is 1. The predicted octanol–water partition coefficient (Wildman–Crippen LogP) is 5.12. The molecule has 0 atom stereocenters. The summed E-state index contributed by atoms with van der Waals surface area (Å²) in [6.07, 6.45) is 1.58. The zero-order valence-corrected chi connectivity index (χ0v) is 15.1. The molecule has 0 radical (unpaired) electrons. The number of benzene rings is 3. The van der Waals surface area contributed by atoms with Crippen LogP contribution in [0, 0.1) is 17.1 Å². The normalized spacial score (nSPS) is 10.8. The van der Waals surface area contributed by atoms with Gasteiger partial charge in [-0.2, -0.15) is 5.26 Å². The van der Waals surface area contributed by atoms with Gasteiger partial charge in [0.25, 0.3) is 0 Å². The van der Waals surface area contributed by atoms with Gasteiger partial charge in [0.2, 0.25) is 0 Å². The van der Waals surface area contributed by atoms with Gasteiger partial charge in [-0.15, -0.1) is 0 Å². The molecule has 0 aliphatic rings. The van der Waals surface area contributed by atoms with Gasteiger partial charge < -0.3 is 9.47 Å². The van der Waals surface area contributed by atoms with Crippen LogP contribution in [0.4, 0.5) is 4.39 Å². The van der Waals surface area contributed by atoms with E-state index in [0.29, 0.717) is 22.6 Å². The summed E-state index contributed by atoms with van der Waals surface area (Å²) in [6, 6.07) is 21.4. The highest BCUT2D eigenvalue weighted by Crippen LogP contribution is 2.22. The first-order chi connectivity index (χ1) is 13.6. The Bertz CT molecular complexity index is 1070. The molecule has 3 rings (SSSR count). The molecule has 0 saturated carbocycles. The largest absolute Gasteiger partial charge is 0.497 e. The zero-order valence-electron chi connectivity index (χ0n) is 15.1. The number of allylic oxidation sites excluding steroid dienone is 1. The Morgan fingerprint density at radius 3 is 2.43 bits per heavy atom. The summed E-state index contributed by atoms with van der Waals surface area (Å²) in [5.74, 6) is -0.0492. The highest BCUT2D eigenvalue weighted by molar-refractivity contribution is 5.92. The molecule has 28 heavy (non-hydrogen) atoms. The lowest BCUT2D eigenvalue weighted by Gasteiger charge is -2.06. The number of halogens is 1. The molecule has 0 spiro atoms. The van der Waals surface area contributed by atoms with Crippen molar-refractivity contribution in [3.05, 3.63) is 95.3 Å². The second kappa shape index (κ2) is 8.65. The van der Waals surface area contributed by atoms with Gasteiger partial charge in [0, 0.05) is 5.56 Å². The molecule has 0 fully saturated rings. The van der Waals surface area contributed by atoms with Crippen LogP contribution in [0.25, 0.3) is 11.6 Å². The maximum absolute atomic E-state index is 13.9. The smallest absolute Gasteiger partial charge is 0.343 e. The number of nitriles is 1. The van der Waals surface area contributed by atoms with Crippen LogP contribution in [0.2, 0.25) is 0 Å². The Morgan fingerprint density at radius 1 is 1.00 bits per heavy atom. The fourth-order valence-electron chi connectivity index (χ4n) is 2.56. The fraction of sp³-hybridized carbons (Fsp3) is 0.0435. The van der Waals surface area contributed by atoms with Crippen LogP contribution < -0.4 is 9.47 Å². The van der Waals surface area contributed by atoms with E-state index >= 15 is 0 Å². The van der Waals surface area contributed by atoms with Crippen molar-refractivity contribution in [3.63, 3.8) is 0 Å². The summed E-state index contributed by atoms with van der Waals surface area (Å²) in [7, 11) is 1.52. The molecule has 3 aromatic rings. The Hall–Kier alpha value is -3.91. The molecule has 0 aromatic heterocycles. The van der Waals surface area contributed by atoms with E-state index in [9.17, 15) is 14.4 Å². The van der Waals surface area contributed by atoms with Gasteiger partial charge >= 0.3 is 5.97 Å². The van der Waals surface area contributed by atoms with Crippen molar-refractivity contribution in [3.8, 4) is 17.6 Å². The SMILES string of the molecule is COc1cccc(C(=O)Oc2ccc(/C=C(/C#N)c3ccccc3F)cc2)c1. The van der Waals surface area contributed by atoms with E-state index in [1.807, 2.05) is 6.07 Å². The molecule has 3 aromatic carbocycles. The van der Waals surface area contributed by atoms with Crippen LogP contribution in [0.5, 0.6) is 11.5 Å². The number of ether oxygens (including phenoxy) is 2. The molecule has 0 heterocycles. The summed E-state index contributed by atoms with van der Waals surface area (Å²) < 4.78 is 24.3. The minimum Gasteiger partial charge on any atom is -0.497 e. The monoisotopic (exact) mass is 373 g/mol. The number of hydrogen-bond donors (Lipinski definition) is 0. The van der Waals surface area contributed by atoms with Gasteiger partial charge in [-0.3, -0.25) is 0 Å². The molecular formula is C23H16FNO3. The van der Waals surface area contributed by atoms with E-state index in [2.05, 4.69) is 0 Å². The summed E-state index contributed by atoms with van der Waals surface area (Å²) in [5.41, 5.74) is 1.49. The van der Waals surface area contributed by atoms with Gasteiger partial charge in [-0.1, -0.05) is 36.4 Å². The van der Waals surface area contributed by atoms with E-state index in [1.54, 1.807) is 72.8 Å². The average Bonchev–Trinajstić information content (AvgIpc) is 2.74. The summed E-state index contributed by atoms with van der Waals surface area (Å²) in [4.78, 5) is 12.2. The maximum atomic E-state index is 13.9. The first-order valence-electron chi connectivity index (χ1n) is 8.43.